The second kappa shape index (κ2) is 2.49. The Kier molecular flexibility index (Phi) is 1.81. The van der Waals surface area contributed by atoms with Crippen molar-refractivity contribution in [1.82, 2.24) is 9.78 Å². The molecule has 0 radical (unpaired) electrons. The molecule has 0 bridgehead atoms. The second-order valence-corrected chi connectivity index (χ2v) is 3.17. The topological polar surface area (TPSA) is 34.9 Å². The smallest absolute Gasteiger partial charge is 0.147 e. The van der Waals surface area contributed by atoms with E-state index in [1.54, 1.807) is 4.68 Å². The summed E-state index contributed by atoms with van der Waals surface area (Å²) in [5.74, 6) is 0. The molecule has 0 aliphatic carbocycles. The first kappa shape index (κ1) is 7.98. The van der Waals surface area contributed by atoms with Gasteiger partial charge in [0, 0.05) is 6.20 Å². The molecular weight excluding hydrogens is 140 g/mol. The molecule has 0 aliphatic rings. The SMILES string of the molecule is Cc1ccn(C(C)(C)C=O)n1. The van der Waals surface area contributed by atoms with Gasteiger partial charge in [0.15, 0.2) is 0 Å². The molecule has 0 saturated carbocycles. The zero-order valence-electron chi connectivity index (χ0n) is 7.03. The fraction of sp³-hybridized carbons (Fsp3) is 0.500. The third kappa shape index (κ3) is 1.48. The van der Waals surface area contributed by atoms with Crippen molar-refractivity contribution in [3.63, 3.8) is 0 Å². The number of carbonyl (C=O) groups is 1. The van der Waals surface area contributed by atoms with E-state index in [0.29, 0.717) is 0 Å². The minimum atomic E-state index is -0.520. The summed E-state index contributed by atoms with van der Waals surface area (Å²) < 4.78 is 1.66. The minimum absolute atomic E-state index is 0.520. The van der Waals surface area contributed by atoms with Crippen LogP contribution in [-0.4, -0.2) is 16.1 Å². The molecule has 3 nitrogen and oxygen atoms in total. The summed E-state index contributed by atoms with van der Waals surface area (Å²) in [7, 11) is 0. The summed E-state index contributed by atoms with van der Waals surface area (Å²) in [6.45, 7) is 5.55. The molecule has 0 aliphatic heterocycles. The second-order valence-electron chi connectivity index (χ2n) is 3.17. The van der Waals surface area contributed by atoms with E-state index in [2.05, 4.69) is 5.10 Å². The fourth-order valence-corrected chi connectivity index (χ4v) is 0.790. The van der Waals surface area contributed by atoms with Gasteiger partial charge < -0.3 is 4.79 Å². The van der Waals surface area contributed by atoms with Gasteiger partial charge in [0.2, 0.25) is 0 Å². The van der Waals surface area contributed by atoms with E-state index >= 15 is 0 Å². The predicted molar refractivity (Wildman–Crippen MR) is 42.4 cm³/mol. The quantitative estimate of drug-likeness (QED) is 0.595. The van der Waals surface area contributed by atoms with Crippen LogP contribution in [0.1, 0.15) is 19.5 Å². The monoisotopic (exact) mass is 152 g/mol. The molecule has 0 N–H and O–H groups in total. The summed E-state index contributed by atoms with van der Waals surface area (Å²) >= 11 is 0. The van der Waals surface area contributed by atoms with Crippen molar-refractivity contribution >= 4 is 6.29 Å². The molecule has 0 fully saturated rings. The molecule has 0 aromatic carbocycles. The Morgan fingerprint density at radius 1 is 1.64 bits per heavy atom. The number of hydrogen-bond donors (Lipinski definition) is 0. The minimum Gasteiger partial charge on any atom is -0.301 e. The van der Waals surface area contributed by atoms with Gasteiger partial charge in [0.05, 0.1) is 5.69 Å². The average Bonchev–Trinajstić information content (AvgIpc) is 2.36. The molecule has 0 spiro atoms. The van der Waals surface area contributed by atoms with Gasteiger partial charge in [-0.2, -0.15) is 5.10 Å². The van der Waals surface area contributed by atoms with Crippen LogP contribution in [0, 0.1) is 6.92 Å². The first-order valence-corrected chi connectivity index (χ1v) is 3.55. The Hall–Kier alpha value is -1.12. The van der Waals surface area contributed by atoms with Crippen LogP contribution in [-0.2, 0) is 10.3 Å². The van der Waals surface area contributed by atoms with Crippen LogP contribution in [0.3, 0.4) is 0 Å². The van der Waals surface area contributed by atoms with Crippen molar-refractivity contribution in [3.05, 3.63) is 18.0 Å². The largest absolute Gasteiger partial charge is 0.301 e. The van der Waals surface area contributed by atoms with Gasteiger partial charge in [-0.3, -0.25) is 4.68 Å². The van der Waals surface area contributed by atoms with Crippen LogP contribution < -0.4 is 0 Å². The van der Waals surface area contributed by atoms with E-state index in [0.717, 1.165) is 12.0 Å². The maximum absolute atomic E-state index is 10.6. The van der Waals surface area contributed by atoms with Gasteiger partial charge in [-0.05, 0) is 26.8 Å². The van der Waals surface area contributed by atoms with Crippen LogP contribution >= 0.6 is 0 Å². The third-order valence-electron chi connectivity index (χ3n) is 1.60. The zero-order chi connectivity index (χ0) is 8.48. The van der Waals surface area contributed by atoms with Crippen molar-refractivity contribution in [2.45, 2.75) is 26.3 Å². The van der Waals surface area contributed by atoms with E-state index in [4.69, 9.17) is 0 Å². The van der Waals surface area contributed by atoms with Crippen LogP contribution in [0.25, 0.3) is 0 Å². The molecule has 0 saturated heterocycles. The van der Waals surface area contributed by atoms with E-state index in [9.17, 15) is 4.79 Å². The van der Waals surface area contributed by atoms with Crippen LogP contribution in [0.4, 0.5) is 0 Å². The van der Waals surface area contributed by atoms with E-state index in [1.165, 1.54) is 0 Å². The lowest BCUT2D eigenvalue weighted by atomic mass is 10.1. The zero-order valence-corrected chi connectivity index (χ0v) is 7.03. The summed E-state index contributed by atoms with van der Waals surface area (Å²) in [6.07, 6.45) is 2.70. The molecule has 11 heavy (non-hydrogen) atoms. The molecule has 0 atom stereocenters. The van der Waals surface area contributed by atoms with Crippen molar-refractivity contribution in [1.29, 1.82) is 0 Å². The molecule has 3 heteroatoms. The van der Waals surface area contributed by atoms with E-state index < -0.39 is 5.54 Å². The van der Waals surface area contributed by atoms with Crippen molar-refractivity contribution < 1.29 is 4.79 Å². The Balaban J connectivity index is 3.01. The summed E-state index contributed by atoms with van der Waals surface area (Å²) in [5.41, 5.74) is 0.411. The third-order valence-corrected chi connectivity index (χ3v) is 1.60. The lowest BCUT2D eigenvalue weighted by Crippen LogP contribution is -2.28. The summed E-state index contributed by atoms with van der Waals surface area (Å²) in [6, 6.07) is 1.88. The van der Waals surface area contributed by atoms with Crippen molar-refractivity contribution in [2.24, 2.45) is 0 Å². The highest BCUT2D eigenvalue weighted by Gasteiger charge is 2.18. The molecule has 0 unspecified atom stereocenters. The number of carbonyl (C=O) groups excluding carboxylic acids is 1. The molecule has 1 rings (SSSR count). The number of aryl methyl sites for hydroxylation is 1. The number of aldehydes is 1. The van der Waals surface area contributed by atoms with Crippen molar-refractivity contribution in [2.75, 3.05) is 0 Å². The van der Waals surface area contributed by atoms with E-state index in [-0.39, 0.29) is 0 Å². The van der Waals surface area contributed by atoms with Gasteiger partial charge in [-0.25, -0.2) is 0 Å². The molecule has 1 aromatic heterocycles. The predicted octanol–water partition coefficient (Wildman–Crippen LogP) is 1.13. The highest BCUT2D eigenvalue weighted by molar-refractivity contribution is 5.60. The van der Waals surface area contributed by atoms with Gasteiger partial charge in [-0.15, -0.1) is 0 Å². The molecular formula is C8H12N2O. The lowest BCUT2D eigenvalue weighted by Gasteiger charge is -2.16. The van der Waals surface area contributed by atoms with Crippen LogP contribution in [0.5, 0.6) is 0 Å². The number of nitrogens with zero attached hydrogens (tertiary/aromatic N) is 2. The Labute approximate surface area is 66.0 Å². The Bertz CT molecular complexity index is 263. The van der Waals surface area contributed by atoms with Crippen LogP contribution in [0.15, 0.2) is 12.3 Å². The first-order chi connectivity index (χ1) is 5.06. The lowest BCUT2D eigenvalue weighted by molar-refractivity contribution is -0.114. The highest BCUT2D eigenvalue weighted by Crippen LogP contribution is 2.10. The summed E-state index contributed by atoms with van der Waals surface area (Å²) in [4.78, 5) is 10.6. The molecule has 0 amide bonds. The number of rotatable bonds is 2. The number of hydrogen-bond acceptors (Lipinski definition) is 2. The first-order valence-electron chi connectivity index (χ1n) is 3.55. The highest BCUT2D eigenvalue weighted by atomic mass is 16.1. The molecule has 1 heterocycles. The van der Waals surface area contributed by atoms with E-state index in [1.807, 2.05) is 33.0 Å². The maximum Gasteiger partial charge on any atom is 0.147 e. The Morgan fingerprint density at radius 3 is 2.64 bits per heavy atom. The van der Waals surface area contributed by atoms with Gasteiger partial charge >= 0.3 is 0 Å². The number of aromatic nitrogens is 2. The standard InChI is InChI=1S/C8H12N2O/c1-7-4-5-10(9-7)8(2,3)6-11/h4-6H,1-3H3. The Morgan fingerprint density at radius 2 is 2.27 bits per heavy atom. The fourth-order valence-electron chi connectivity index (χ4n) is 0.790. The normalized spacial score (nSPS) is 11.5. The van der Waals surface area contributed by atoms with Crippen LogP contribution in [0.2, 0.25) is 0 Å². The van der Waals surface area contributed by atoms with Gasteiger partial charge in [0.25, 0.3) is 0 Å². The van der Waals surface area contributed by atoms with Crippen molar-refractivity contribution in [3.8, 4) is 0 Å². The van der Waals surface area contributed by atoms with Gasteiger partial charge in [-0.1, -0.05) is 0 Å². The summed E-state index contributed by atoms with van der Waals surface area (Å²) in [5, 5.41) is 4.14. The van der Waals surface area contributed by atoms with Gasteiger partial charge in [0.1, 0.15) is 11.8 Å². The molecule has 1 aromatic rings. The maximum atomic E-state index is 10.6. The average molecular weight is 152 g/mol. The molecule has 60 valence electrons.